The van der Waals surface area contributed by atoms with Crippen molar-refractivity contribution in [3.8, 4) is 0 Å². The van der Waals surface area contributed by atoms with Gasteiger partial charge in [-0.2, -0.15) is 0 Å². The molecule has 0 aromatic heterocycles. The minimum absolute atomic E-state index is 0. The van der Waals surface area contributed by atoms with Gasteiger partial charge in [-0.05, 0) is 0 Å². The van der Waals surface area contributed by atoms with Crippen LogP contribution in [-0.4, -0.2) is 27.2 Å². The van der Waals surface area contributed by atoms with E-state index >= 15 is 0 Å². The van der Waals surface area contributed by atoms with Gasteiger partial charge in [0.05, 0.1) is 18.8 Å². The van der Waals surface area contributed by atoms with E-state index in [1.54, 1.807) is 4.72 Å². The summed E-state index contributed by atoms with van der Waals surface area (Å²) in [6, 6.07) is 0. The van der Waals surface area contributed by atoms with Crippen molar-refractivity contribution in [2.45, 2.75) is 0 Å². The largest absolute Gasteiger partial charge is 1.00 e. The van der Waals surface area contributed by atoms with E-state index in [1.807, 2.05) is 0 Å². The molecule has 0 radical (unpaired) electrons. The zero-order valence-corrected chi connectivity index (χ0v) is 9.69. The molecule has 0 aromatic carbocycles. The zero-order chi connectivity index (χ0) is 7.49. The number of hydrogen-bond acceptors (Lipinski definition) is 4. The van der Waals surface area contributed by atoms with Gasteiger partial charge in [0.1, 0.15) is 0 Å². The minimum atomic E-state index is -3.39. The number of hydrogen-bond donors (Lipinski definition) is 1. The molecule has 0 atom stereocenters. The molecule has 0 aromatic rings. The van der Waals surface area contributed by atoms with Crippen molar-refractivity contribution >= 4 is 16.0 Å². The van der Waals surface area contributed by atoms with Crippen LogP contribution in [0.4, 0.5) is 0 Å². The number of carbonyl (C=O) groups excluding carboxylic acids is 1. The molecule has 7 heteroatoms. The molecule has 0 saturated heterocycles. The summed E-state index contributed by atoms with van der Waals surface area (Å²) in [7, 11) is -3.39. The van der Waals surface area contributed by atoms with E-state index in [-0.39, 0.29) is 51.4 Å². The summed E-state index contributed by atoms with van der Waals surface area (Å²) >= 11 is 0. The monoisotopic (exact) mass is 191 g/mol. The number of sulfonamides is 1. The number of aliphatic carboxylic acids is 1. The number of carboxylic acid groups (broad SMARTS) is 1. The van der Waals surface area contributed by atoms with Gasteiger partial charge in [-0.1, -0.05) is 0 Å². The molecule has 0 rings (SSSR count). The fraction of sp³-hybridized carbons (Fsp3) is 0.667. The van der Waals surface area contributed by atoms with E-state index in [2.05, 4.69) is 0 Å². The van der Waals surface area contributed by atoms with Gasteiger partial charge in [-0.25, -0.2) is 13.1 Å². The second-order valence-corrected chi connectivity index (χ2v) is 3.30. The summed E-state index contributed by atoms with van der Waals surface area (Å²) in [5.41, 5.74) is 0. The Balaban J connectivity index is 0. The first-order valence-electron chi connectivity index (χ1n) is 2.06. The first-order valence-corrected chi connectivity index (χ1v) is 3.95. The maximum atomic E-state index is 10.1. The predicted octanol–water partition coefficient (Wildman–Crippen LogP) is -5.71. The normalized spacial score (nSPS) is 10.1. The molecular weight excluding hydrogens is 185 g/mol. The van der Waals surface area contributed by atoms with Gasteiger partial charge in [0, 0.05) is 0 Å². The van der Waals surface area contributed by atoms with Crippen LogP contribution in [0.25, 0.3) is 0 Å². The molecule has 0 fully saturated rings. The van der Waals surface area contributed by atoms with Crippen LogP contribution in [0.5, 0.6) is 0 Å². The van der Waals surface area contributed by atoms with Crippen molar-refractivity contribution in [3.63, 3.8) is 0 Å². The Morgan fingerprint density at radius 3 is 2.10 bits per heavy atom. The number of rotatable bonds is 3. The molecule has 5 nitrogen and oxygen atoms in total. The quantitative estimate of drug-likeness (QED) is 0.450. The molecule has 0 bridgehead atoms. The van der Waals surface area contributed by atoms with Crippen LogP contribution < -0.4 is 61.2 Å². The molecule has 0 aliphatic rings. The van der Waals surface area contributed by atoms with Gasteiger partial charge in [-0.3, -0.25) is 0 Å². The molecule has 0 heterocycles. The Hall–Kier alpha value is 1.02. The van der Waals surface area contributed by atoms with Gasteiger partial charge >= 0.3 is 51.4 Å². The van der Waals surface area contributed by atoms with E-state index in [9.17, 15) is 18.3 Å². The topological polar surface area (TPSA) is 86.3 Å². The second-order valence-electron chi connectivity index (χ2n) is 1.47. The van der Waals surface area contributed by atoms with Crippen molar-refractivity contribution in [3.05, 3.63) is 0 Å². The average molecular weight is 191 g/mol. The summed E-state index contributed by atoms with van der Waals surface area (Å²) in [6.45, 7) is -0.668. The third-order valence-corrected chi connectivity index (χ3v) is 1.15. The summed E-state index contributed by atoms with van der Waals surface area (Å²) in [5.74, 6) is -1.44. The van der Waals surface area contributed by atoms with Crippen LogP contribution in [0.15, 0.2) is 0 Å². The Morgan fingerprint density at radius 2 is 2.00 bits per heavy atom. The average Bonchev–Trinajstić information content (AvgIpc) is 1.59. The SMILES string of the molecule is CS(=O)(=O)NCC(=O)[O-].[K+]. The number of carbonyl (C=O) groups is 1. The number of carboxylic acids is 1. The van der Waals surface area contributed by atoms with Gasteiger partial charge in [-0.15, -0.1) is 0 Å². The van der Waals surface area contributed by atoms with E-state index < -0.39 is 22.5 Å². The van der Waals surface area contributed by atoms with Crippen LogP contribution >= 0.6 is 0 Å². The molecule has 0 aliphatic carbocycles. The molecule has 0 unspecified atom stereocenters. The van der Waals surface area contributed by atoms with E-state index in [1.165, 1.54) is 0 Å². The Labute approximate surface area is 102 Å². The number of nitrogens with one attached hydrogen (secondary N) is 1. The minimum Gasteiger partial charge on any atom is -0.549 e. The fourth-order valence-electron chi connectivity index (χ4n) is 0.190. The molecule has 0 amide bonds. The Morgan fingerprint density at radius 1 is 1.60 bits per heavy atom. The van der Waals surface area contributed by atoms with Crippen LogP contribution in [0.3, 0.4) is 0 Å². The third-order valence-electron chi connectivity index (χ3n) is 0.479. The smallest absolute Gasteiger partial charge is 0.549 e. The summed E-state index contributed by atoms with van der Waals surface area (Å²) in [6.07, 6.45) is 0.871. The summed E-state index contributed by atoms with van der Waals surface area (Å²) in [4.78, 5) is 9.61. The van der Waals surface area contributed by atoms with E-state index in [0.717, 1.165) is 6.26 Å². The maximum Gasteiger partial charge on any atom is 1.00 e. The molecule has 0 saturated carbocycles. The molecule has 0 aliphatic heterocycles. The van der Waals surface area contributed by atoms with Gasteiger partial charge in [0.25, 0.3) is 0 Å². The fourth-order valence-corrected chi connectivity index (χ4v) is 0.570. The van der Waals surface area contributed by atoms with Crippen molar-refractivity contribution < 1.29 is 69.7 Å². The van der Waals surface area contributed by atoms with Crippen LogP contribution in [-0.2, 0) is 14.8 Å². The first kappa shape index (κ1) is 13.6. The Kier molecular flexibility index (Phi) is 7.67. The molecule has 10 heavy (non-hydrogen) atoms. The molecule has 0 spiro atoms. The molecule has 54 valence electrons. The van der Waals surface area contributed by atoms with Crippen molar-refractivity contribution in [2.75, 3.05) is 12.8 Å². The second kappa shape index (κ2) is 5.64. The first-order chi connectivity index (χ1) is 3.92. The van der Waals surface area contributed by atoms with Crippen LogP contribution in [0, 0.1) is 0 Å². The van der Waals surface area contributed by atoms with Gasteiger partial charge < -0.3 is 9.90 Å². The predicted molar refractivity (Wildman–Crippen MR) is 27.9 cm³/mol. The van der Waals surface area contributed by atoms with E-state index in [4.69, 9.17) is 0 Å². The van der Waals surface area contributed by atoms with Crippen molar-refractivity contribution in [1.29, 1.82) is 0 Å². The van der Waals surface area contributed by atoms with Gasteiger partial charge in [0.15, 0.2) is 0 Å². The third kappa shape index (κ3) is 11.8. The van der Waals surface area contributed by atoms with Crippen LogP contribution in [0.2, 0.25) is 0 Å². The molecular formula is C3H6KNO4S. The summed E-state index contributed by atoms with van der Waals surface area (Å²) < 4.78 is 22.0. The Bertz CT molecular complexity index is 199. The zero-order valence-electron chi connectivity index (χ0n) is 5.75. The maximum absolute atomic E-state index is 10.1. The van der Waals surface area contributed by atoms with Crippen LogP contribution in [0.1, 0.15) is 0 Å². The van der Waals surface area contributed by atoms with Crippen molar-refractivity contribution in [1.82, 2.24) is 4.72 Å². The summed E-state index contributed by atoms with van der Waals surface area (Å²) in [5, 5.41) is 9.61. The van der Waals surface area contributed by atoms with Gasteiger partial charge in [0.2, 0.25) is 10.0 Å². The standard InChI is InChI=1S/C3H7NO4S.K/c1-9(7,8)4-2-3(5)6;/h4H,2H2,1H3,(H,5,6);/q;+1/p-1. The van der Waals surface area contributed by atoms with E-state index in [0.29, 0.717) is 0 Å². The molecule has 1 N–H and O–H groups in total. The van der Waals surface area contributed by atoms with Crippen molar-refractivity contribution in [2.24, 2.45) is 0 Å².